The summed E-state index contributed by atoms with van der Waals surface area (Å²) in [7, 11) is 10.7. The molecule has 8 aromatic rings. The summed E-state index contributed by atoms with van der Waals surface area (Å²) in [5.41, 5.74) is 8.45. The van der Waals surface area contributed by atoms with E-state index in [1.54, 1.807) is 41.0 Å². The maximum atomic E-state index is 13.2. The molecule has 8 rings (SSSR count). The zero-order valence-electron chi connectivity index (χ0n) is 41.2. The van der Waals surface area contributed by atoms with Gasteiger partial charge >= 0.3 is 18.9 Å². The fourth-order valence-electron chi connectivity index (χ4n) is 6.78. The van der Waals surface area contributed by atoms with Gasteiger partial charge in [-0.15, -0.1) is 0 Å². The van der Waals surface area contributed by atoms with Crippen molar-refractivity contribution in [2.24, 2.45) is 14.1 Å². The first-order valence-corrected chi connectivity index (χ1v) is 21.9. The first-order chi connectivity index (χ1) is 32.4. The van der Waals surface area contributed by atoms with Crippen molar-refractivity contribution < 1.29 is 47.9 Å². The maximum absolute atomic E-state index is 13.2. The van der Waals surface area contributed by atoms with Crippen LogP contribution in [0.15, 0.2) is 104 Å². The molecule has 24 heteroatoms. The molecule has 0 atom stereocenters. The summed E-state index contributed by atoms with van der Waals surface area (Å²) in [4.78, 5) is 38.5. The van der Waals surface area contributed by atoms with E-state index in [0.29, 0.717) is 49.9 Å². The number of amides is 1. The van der Waals surface area contributed by atoms with Crippen molar-refractivity contribution in [2.45, 2.75) is 40.9 Å². The van der Waals surface area contributed by atoms with Gasteiger partial charge in [0.05, 0.1) is 24.2 Å². The summed E-state index contributed by atoms with van der Waals surface area (Å²) in [5.74, 6) is -1.30. The Hall–Kier alpha value is -5.69. The average molecular weight is 1040 g/mol. The number of aromatic amines is 3. The number of halogens is 3. The minimum absolute atomic E-state index is 0. The van der Waals surface area contributed by atoms with Crippen molar-refractivity contribution >= 4 is 66.2 Å². The molecule has 16 nitrogen and oxygen atoms in total. The molecule has 0 aliphatic heterocycles. The molecule has 4 N–H and O–H groups in total. The van der Waals surface area contributed by atoms with Crippen molar-refractivity contribution in [3.8, 4) is 17.1 Å². The molecule has 0 aliphatic rings. The molecule has 0 fully saturated rings. The SMILES string of the molecule is C.CNCc1cn(C)nc1C.CON(C)C(=O)c1c[nH]c(=S)n1-c1ccc(F)cc1.Cc1nn(C)cc1CN(C)Cc1c[nH]c(=S)n1-c1ccc(F)cc1.O=Cc1c[nH]c(=S)n1-c1ccc(F)cc1.[Al].[H-].[Li+]. The third kappa shape index (κ3) is 16.7. The normalized spacial score (nSPS) is 10.3. The van der Waals surface area contributed by atoms with Gasteiger partial charge in [-0.3, -0.25) is 42.4 Å². The van der Waals surface area contributed by atoms with Crippen molar-refractivity contribution in [1.82, 2.24) is 63.5 Å². The van der Waals surface area contributed by atoms with Gasteiger partial charge in [-0.05, 0) is 137 Å². The van der Waals surface area contributed by atoms with Crippen LogP contribution in [-0.2, 0) is 38.6 Å². The Balaban J connectivity index is 0.000000490. The van der Waals surface area contributed by atoms with Crippen LogP contribution in [0, 0.1) is 45.6 Å². The summed E-state index contributed by atoms with van der Waals surface area (Å²) in [5, 5.41) is 12.7. The van der Waals surface area contributed by atoms with Crippen LogP contribution in [0.2, 0.25) is 0 Å². The van der Waals surface area contributed by atoms with Crippen LogP contribution in [0.1, 0.15) is 58.0 Å². The Morgan fingerprint density at radius 3 is 1.59 bits per heavy atom. The Morgan fingerprint density at radius 1 is 0.718 bits per heavy atom. The van der Waals surface area contributed by atoms with E-state index in [0.717, 1.165) is 40.9 Å². The van der Waals surface area contributed by atoms with Gasteiger partial charge in [-0.25, -0.2) is 18.2 Å². The molecule has 5 aromatic heterocycles. The number of hydroxylamine groups is 2. The van der Waals surface area contributed by atoms with Crippen LogP contribution >= 0.6 is 36.7 Å². The van der Waals surface area contributed by atoms with Gasteiger partial charge in [0.2, 0.25) is 0 Å². The number of hydrogen-bond acceptors (Lipinski definition) is 10. The van der Waals surface area contributed by atoms with E-state index in [1.165, 1.54) is 78.6 Å². The summed E-state index contributed by atoms with van der Waals surface area (Å²) in [6.07, 6.45) is 9.66. The van der Waals surface area contributed by atoms with Gasteiger partial charge in [-0.2, -0.15) is 10.2 Å². The summed E-state index contributed by atoms with van der Waals surface area (Å²) < 4.78 is 48.8. The quantitative estimate of drug-likeness (QED) is 0.0498. The second-order valence-electron chi connectivity index (χ2n) is 15.2. The van der Waals surface area contributed by atoms with Gasteiger partial charge in [0.15, 0.2) is 20.6 Å². The van der Waals surface area contributed by atoms with Crippen molar-refractivity contribution in [2.75, 3.05) is 28.3 Å². The molecule has 1 amide bonds. The molecule has 71 heavy (non-hydrogen) atoms. The second-order valence-corrected chi connectivity index (χ2v) is 16.3. The Labute approximate surface area is 450 Å². The molecular weight excluding hydrogens is 982 g/mol. The first-order valence-electron chi connectivity index (χ1n) is 20.7. The number of rotatable bonds is 12. The number of imidazole rings is 3. The third-order valence-corrected chi connectivity index (χ3v) is 11.0. The van der Waals surface area contributed by atoms with E-state index < -0.39 is 0 Å². The van der Waals surface area contributed by atoms with Gasteiger partial charge < -0.3 is 21.7 Å². The van der Waals surface area contributed by atoms with Crippen LogP contribution in [-0.4, -0.2) is 116 Å². The number of carbonyl (C=O) groups excluding carboxylic acids is 2. The number of aldehydes is 1. The zero-order chi connectivity index (χ0) is 49.7. The van der Waals surface area contributed by atoms with Gasteiger partial charge in [0, 0.05) is 117 Å². The topological polar surface area (TPSA) is 160 Å². The van der Waals surface area contributed by atoms with Gasteiger partial charge in [0.1, 0.15) is 28.8 Å². The predicted molar refractivity (Wildman–Crippen MR) is 275 cm³/mol. The number of nitrogens with one attached hydrogen (secondary N) is 4. The molecule has 0 saturated heterocycles. The molecule has 0 bridgehead atoms. The molecule has 3 radical (unpaired) electrons. The molecule has 371 valence electrons. The van der Waals surface area contributed by atoms with E-state index in [2.05, 4.69) is 42.4 Å². The zero-order valence-corrected chi connectivity index (χ0v) is 43.8. The van der Waals surface area contributed by atoms with E-state index in [9.17, 15) is 22.8 Å². The summed E-state index contributed by atoms with van der Waals surface area (Å²) in [6.45, 7) is 6.44. The minimum atomic E-state index is -0.362. The number of H-pyrrole nitrogens is 3. The van der Waals surface area contributed by atoms with E-state index >= 15 is 0 Å². The Kier molecular flexibility index (Phi) is 25.1. The second kappa shape index (κ2) is 29.0. The minimum Gasteiger partial charge on any atom is -1.00 e. The Bertz CT molecular complexity index is 3110. The standard InChI is InChI=1S/C17H20FN5S.C12H12FN3O2S.C10H7FN2OS.C7H13N3.CH4.Al.Li.H/c1-12-13(10-22(3)20-12)9-21(2)11-16-8-19-17(24)23(16)15-6-4-14(18)5-7-15;1-15(18-2)11(17)10-7-14-12(19)16(10)9-5-3-8(13)4-6-9;11-7-1-3-8(4-2-7)13-9(6-14)5-12-10(13)15;1-6-7(4-8-2)5-10(3)9-6;;;;/h4-8,10H,9,11H2,1-3H3,(H,19,24);3-7H,1-2H3,(H,14,19);1-6H,(H,12,15);5,8H,4H2,1-3H3;1H4;;;/q;;;;;;+1;-1. The number of carbonyl (C=O) groups is 2. The number of nitrogens with zero attached hydrogens (tertiary/aromatic N) is 9. The third-order valence-electron chi connectivity index (χ3n) is 10.1. The molecule has 5 heterocycles. The molecule has 3 aromatic carbocycles. The molecule has 0 saturated carbocycles. The maximum Gasteiger partial charge on any atom is 1.00 e. The van der Waals surface area contributed by atoms with Crippen LogP contribution in [0.5, 0.6) is 0 Å². The molecule has 0 aliphatic carbocycles. The summed E-state index contributed by atoms with van der Waals surface area (Å²) >= 11 is 15.5. The largest absolute Gasteiger partial charge is 1.00 e. The number of aryl methyl sites for hydroxylation is 4. The van der Waals surface area contributed by atoms with Crippen LogP contribution in [0.3, 0.4) is 0 Å². The average Bonchev–Trinajstić information content (AvgIpc) is 4.13. The Morgan fingerprint density at radius 2 is 1.14 bits per heavy atom. The molecule has 0 spiro atoms. The fourth-order valence-corrected chi connectivity index (χ4v) is 7.59. The monoisotopic (exact) mass is 1040 g/mol. The predicted octanol–water partition coefficient (Wildman–Crippen LogP) is 5.96. The van der Waals surface area contributed by atoms with Gasteiger partial charge in [0.25, 0.3) is 5.91 Å². The molecule has 0 unspecified atom stereocenters. The van der Waals surface area contributed by atoms with Crippen molar-refractivity contribution in [3.05, 3.63) is 175 Å². The van der Waals surface area contributed by atoms with E-state index in [1.807, 2.05) is 67.5 Å². The van der Waals surface area contributed by atoms with E-state index in [-0.39, 0.29) is 68.4 Å². The van der Waals surface area contributed by atoms with Gasteiger partial charge in [-0.1, -0.05) is 7.43 Å². The van der Waals surface area contributed by atoms with Crippen molar-refractivity contribution in [1.29, 1.82) is 0 Å². The smallest absolute Gasteiger partial charge is 1.00 e. The number of benzene rings is 3. The van der Waals surface area contributed by atoms with E-state index in [4.69, 9.17) is 41.5 Å². The molecular formula is C47H57AlF3LiN13O3S3. The van der Waals surface area contributed by atoms with Crippen LogP contribution in [0.4, 0.5) is 13.2 Å². The number of aromatic nitrogens is 10. The van der Waals surface area contributed by atoms with Crippen LogP contribution < -0.4 is 24.2 Å². The van der Waals surface area contributed by atoms with Crippen molar-refractivity contribution in [3.63, 3.8) is 0 Å². The number of hydrogen-bond donors (Lipinski definition) is 4. The summed E-state index contributed by atoms with van der Waals surface area (Å²) in [6, 6.07) is 17.8. The fraction of sp³-hybridized carbons (Fsp3) is 0.255. The van der Waals surface area contributed by atoms with Crippen LogP contribution in [0.25, 0.3) is 17.1 Å². The first kappa shape index (κ1) is 61.4.